The number of anilines is 2. The van der Waals surface area contributed by atoms with Gasteiger partial charge in [-0.15, -0.1) is 11.3 Å². The Balaban J connectivity index is 1.60. The van der Waals surface area contributed by atoms with Crippen molar-refractivity contribution in [2.24, 2.45) is 11.3 Å². The number of thiazole rings is 1. The van der Waals surface area contributed by atoms with Crippen LogP contribution >= 0.6 is 11.3 Å². The average Bonchev–Trinajstić information content (AvgIpc) is 3.17. The zero-order valence-electron chi connectivity index (χ0n) is 18.3. The molecule has 4 rings (SSSR count). The van der Waals surface area contributed by atoms with E-state index in [1.54, 1.807) is 17.5 Å². The Morgan fingerprint density at radius 2 is 2.03 bits per heavy atom. The summed E-state index contributed by atoms with van der Waals surface area (Å²) >= 11 is 1.61. The number of nitrogens with zero attached hydrogens (tertiary/aromatic N) is 3. The Morgan fingerprint density at radius 3 is 2.77 bits per heavy atom. The van der Waals surface area contributed by atoms with Crippen molar-refractivity contribution in [1.82, 2.24) is 15.0 Å². The van der Waals surface area contributed by atoms with Gasteiger partial charge in [-0.1, -0.05) is 19.9 Å². The third kappa shape index (κ3) is 4.93. The van der Waals surface area contributed by atoms with Crippen LogP contribution in [0.3, 0.4) is 0 Å². The lowest BCUT2D eigenvalue weighted by Crippen LogP contribution is -2.33. The molecule has 1 saturated carbocycles. The van der Waals surface area contributed by atoms with E-state index in [1.807, 2.05) is 19.2 Å². The van der Waals surface area contributed by atoms with Crippen molar-refractivity contribution in [1.29, 1.82) is 0 Å². The maximum Gasteiger partial charge on any atom is 0.307 e. The van der Waals surface area contributed by atoms with E-state index < -0.39 is 5.97 Å². The first-order valence-corrected chi connectivity index (χ1v) is 11.4. The van der Waals surface area contributed by atoms with Gasteiger partial charge in [0.05, 0.1) is 15.8 Å². The Morgan fingerprint density at radius 1 is 1.23 bits per heavy atom. The molecule has 1 aliphatic carbocycles. The van der Waals surface area contributed by atoms with Gasteiger partial charge in [0.1, 0.15) is 0 Å². The van der Waals surface area contributed by atoms with Gasteiger partial charge in [-0.25, -0.2) is 15.0 Å². The highest BCUT2D eigenvalue weighted by atomic mass is 32.1. The molecule has 2 aromatic heterocycles. The normalized spacial score (nSPS) is 20.4. The lowest BCUT2D eigenvalue weighted by molar-refractivity contribution is -0.145. The lowest BCUT2D eigenvalue weighted by Gasteiger charge is -2.37. The summed E-state index contributed by atoms with van der Waals surface area (Å²) in [5.41, 5.74) is 4.06. The number of hydrogen-bond acceptors (Lipinski definition) is 6. The first-order valence-electron chi connectivity index (χ1n) is 10.6. The van der Waals surface area contributed by atoms with E-state index in [0.29, 0.717) is 12.4 Å². The van der Waals surface area contributed by atoms with Gasteiger partial charge in [0.2, 0.25) is 5.95 Å². The molecule has 162 valence electrons. The lowest BCUT2D eigenvalue weighted by atomic mass is 9.67. The topological polar surface area (TPSA) is 88.0 Å². The van der Waals surface area contributed by atoms with Crippen LogP contribution in [0.5, 0.6) is 0 Å². The van der Waals surface area contributed by atoms with Crippen molar-refractivity contribution < 1.29 is 9.90 Å². The second kappa shape index (κ2) is 8.38. The second-order valence-corrected chi connectivity index (χ2v) is 10.3. The van der Waals surface area contributed by atoms with Crippen LogP contribution in [0, 0.1) is 25.2 Å². The van der Waals surface area contributed by atoms with Crippen LogP contribution in [0.15, 0.2) is 36.7 Å². The molecule has 0 aliphatic heterocycles. The van der Waals surface area contributed by atoms with Crippen molar-refractivity contribution in [2.75, 3.05) is 5.32 Å². The molecular formula is C24H28N4O2S. The number of rotatable bonds is 5. The smallest absolute Gasteiger partial charge is 0.307 e. The second-order valence-electron chi connectivity index (χ2n) is 9.26. The third-order valence-electron chi connectivity index (χ3n) is 5.96. The van der Waals surface area contributed by atoms with Crippen LogP contribution in [0.1, 0.15) is 55.3 Å². The quantitative estimate of drug-likeness (QED) is 0.513. The van der Waals surface area contributed by atoms with E-state index in [1.165, 1.54) is 0 Å². The Hall–Kier alpha value is -2.80. The molecule has 2 N–H and O–H groups in total. The minimum absolute atomic E-state index is 0.0210. The minimum atomic E-state index is -0.713. The average molecular weight is 437 g/mol. The summed E-state index contributed by atoms with van der Waals surface area (Å²) in [6.07, 6.45) is 6.19. The van der Waals surface area contributed by atoms with Gasteiger partial charge in [0.15, 0.2) is 0 Å². The standard InChI is InChI=1S/C24H28N4O2S/c1-14-9-16(11-17(10-14)28-23-25-8-6-15(2)27-23)20-13-26-21(31-20)18-5-7-24(3,4)12-19(18)22(29)30/h6,8-11,13,18-19H,5,7,12H2,1-4H3,(H,29,30)(H,25,27,28). The van der Waals surface area contributed by atoms with Crippen molar-refractivity contribution in [2.45, 2.75) is 52.9 Å². The van der Waals surface area contributed by atoms with Gasteiger partial charge in [0, 0.05) is 29.7 Å². The maximum atomic E-state index is 11.9. The number of aryl methyl sites for hydroxylation is 2. The van der Waals surface area contributed by atoms with Gasteiger partial charge >= 0.3 is 5.97 Å². The zero-order valence-corrected chi connectivity index (χ0v) is 19.2. The molecule has 0 radical (unpaired) electrons. The van der Waals surface area contributed by atoms with E-state index in [4.69, 9.17) is 0 Å². The fourth-order valence-electron chi connectivity index (χ4n) is 4.37. The fraction of sp³-hybridized carbons (Fsp3) is 0.417. The van der Waals surface area contributed by atoms with E-state index in [9.17, 15) is 9.90 Å². The number of aliphatic carboxylic acids is 1. The minimum Gasteiger partial charge on any atom is -0.481 e. The molecule has 2 unspecified atom stereocenters. The number of carboxylic acid groups (broad SMARTS) is 1. The largest absolute Gasteiger partial charge is 0.481 e. The van der Waals surface area contributed by atoms with Crippen molar-refractivity contribution >= 4 is 28.9 Å². The summed E-state index contributed by atoms with van der Waals surface area (Å²) in [5, 5.41) is 14.0. The number of aromatic nitrogens is 3. The summed E-state index contributed by atoms with van der Waals surface area (Å²) in [4.78, 5) is 26.3. The molecule has 6 nitrogen and oxygen atoms in total. The monoisotopic (exact) mass is 436 g/mol. The van der Waals surface area contributed by atoms with E-state index in [0.717, 1.165) is 45.2 Å². The zero-order chi connectivity index (χ0) is 22.2. The van der Waals surface area contributed by atoms with Crippen LogP contribution in [0.4, 0.5) is 11.6 Å². The Bertz CT molecular complexity index is 1110. The molecule has 31 heavy (non-hydrogen) atoms. The summed E-state index contributed by atoms with van der Waals surface area (Å²) in [7, 11) is 0. The number of carboxylic acids is 1. The predicted octanol–water partition coefficient (Wildman–Crippen LogP) is 5.96. The van der Waals surface area contributed by atoms with Crippen LogP contribution in [-0.2, 0) is 4.79 Å². The molecule has 3 aromatic rings. The molecular weight excluding hydrogens is 408 g/mol. The summed E-state index contributed by atoms with van der Waals surface area (Å²) in [6, 6.07) is 8.11. The molecule has 1 aliphatic rings. The van der Waals surface area contributed by atoms with E-state index >= 15 is 0 Å². The van der Waals surface area contributed by atoms with Crippen LogP contribution in [-0.4, -0.2) is 26.0 Å². The van der Waals surface area contributed by atoms with Crippen LogP contribution in [0.2, 0.25) is 0 Å². The Labute approximate surface area is 186 Å². The molecule has 7 heteroatoms. The van der Waals surface area contributed by atoms with Crippen molar-refractivity contribution in [3.8, 4) is 10.4 Å². The number of hydrogen-bond donors (Lipinski definition) is 2. The summed E-state index contributed by atoms with van der Waals surface area (Å²) in [5.74, 6) is -0.547. The van der Waals surface area contributed by atoms with E-state index in [-0.39, 0.29) is 17.3 Å². The molecule has 1 aromatic carbocycles. The summed E-state index contributed by atoms with van der Waals surface area (Å²) < 4.78 is 0. The first-order chi connectivity index (χ1) is 14.7. The molecule has 0 spiro atoms. The van der Waals surface area contributed by atoms with Gasteiger partial charge in [-0.2, -0.15) is 0 Å². The fourth-order valence-corrected chi connectivity index (χ4v) is 5.48. The van der Waals surface area contributed by atoms with Gasteiger partial charge < -0.3 is 10.4 Å². The first kappa shape index (κ1) is 21.4. The van der Waals surface area contributed by atoms with E-state index in [2.05, 4.69) is 59.2 Å². The molecule has 2 atom stereocenters. The summed E-state index contributed by atoms with van der Waals surface area (Å²) in [6.45, 7) is 8.30. The highest BCUT2D eigenvalue weighted by molar-refractivity contribution is 7.15. The number of benzene rings is 1. The molecule has 0 bridgehead atoms. The van der Waals surface area contributed by atoms with Crippen LogP contribution < -0.4 is 5.32 Å². The highest BCUT2D eigenvalue weighted by Gasteiger charge is 2.40. The van der Waals surface area contributed by atoms with Crippen molar-refractivity contribution in [3.05, 3.63) is 52.9 Å². The highest BCUT2D eigenvalue weighted by Crippen LogP contribution is 2.48. The van der Waals surface area contributed by atoms with Crippen molar-refractivity contribution in [3.63, 3.8) is 0 Å². The molecule has 0 amide bonds. The SMILES string of the molecule is Cc1cc(Nc2nccc(C)n2)cc(-c2cnc(C3CCC(C)(C)CC3C(=O)O)s2)c1. The van der Waals surface area contributed by atoms with Gasteiger partial charge in [0.25, 0.3) is 0 Å². The Kier molecular flexibility index (Phi) is 5.79. The third-order valence-corrected chi connectivity index (χ3v) is 7.14. The number of nitrogens with one attached hydrogen (secondary N) is 1. The maximum absolute atomic E-state index is 11.9. The van der Waals surface area contributed by atoms with Gasteiger partial charge in [-0.3, -0.25) is 4.79 Å². The molecule has 0 saturated heterocycles. The molecule has 2 heterocycles. The number of carbonyl (C=O) groups is 1. The predicted molar refractivity (Wildman–Crippen MR) is 124 cm³/mol. The van der Waals surface area contributed by atoms with Crippen LogP contribution in [0.25, 0.3) is 10.4 Å². The van der Waals surface area contributed by atoms with Gasteiger partial charge in [-0.05, 0) is 67.9 Å². The molecule has 1 fully saturated rings.